The van der Waals surface area contributed by atoms with Gasteiger partial charge in [0.25, 0.3) is 0 Å². The predicted octanol–water partition coefficient (Wildman–Crippen LogP) is 3.02. The van der Waals surface area contributed by atoms with E-state index in [1.165, 1.54) is 12.5 Å². The Bertz CT molecular complexity index is 493. The van der Waals surface area contributed by atoms with Crippen molar-refractivity contribution in [3.8, 4) is 0 Å². The van der Waals surface area contributed by atoms with Crippen LogP contribution in [0, 0.1) is 17.6 Å². The lowest BCUT2D eigenvalue weighted by molar-refractivity contribution is -0.121. The Hall–Kier alpha value is -1.49. The Morgan fingerprint density at radius 2 is 2.20 bits per heavy atom. The topological polar surface area (TPSA) is 32.3 Å². The molecule has 3 nitrogen and oxygen atoms in total. The Labute approximate surface area is 118 Å². The summed E-state index contributed by atoms with van der Waals surface area (Å²) in [5.41, 5.74) is 0.0216. The molecular formula is C15H20F2N2O. The minimum atomic E-state index is -0.752. The molecule has 1 heterocycles. The predicted molar refractivity (Wildman–Crippen MR) is 74.4 cm³/mol. The van der Waals surface area contributed by atoms with Crippen molar-refractivity contribution in [2.24, 2.45) is 5.92 Å². The highest BCUT2D eigenvalue weighted by Gasteiger charge is 2.26. The summed E-state index contributed by atoms with van der Waals surface area (Å²) in [6.45, 7) is 5.73. The van der Waals surface area contributed by atoms with Crippen molar-refractivity contribution in [2.75, 3.05) is 18.4 Å². The van der Waals surface area contributed by atoms with Gasteiger partial charge in [-0.15, -0.1) is 0 Å². The average Bonchev–Trinajstić information content (AvgIpc) is 2.41. The molecular weight excluding hydrogens is 262 g/mol. The molecule has 1 aromatic carbocycles. The van der Waals surface area contributed by atoms with Gasteiger partial charge in [-0.25, -0.2) is 8.78 Å². The van der Waals surface area contributed by atoms with E-state index in [4.69, 9.17) is 0 Å². The number of halogens is 2. The minimum Gasteiger partial charge on any atom is -0.322 e. The third kappa shape index (κ3) is 3.54. The number of hydrogen-bond acceptors (Lipinski definition) is 2. The molecule has 0 spiro atoms. The molecule has 0 bridgehead atoms. The van der Waals surface area contributed by atoms with Crippen LogP contribution in [0.3, 0.4) is 0 Å². The Balaban J connectivity index is 2.00. The molecule has 2 rings (SSSR count). The van der Waals surface area contributed by atoms with Gasteiger partial charge < -0.3 is 5.32 Å². The van der Waals surface area contributed by atoms with Crippen LogP contribution in [0.5, 0.6) is 0 Å². The number of piperidine rings is 1. The molecule has 2 atom stereocenters. The molecule has 0 unspecified atom stereocenters. The molecule has 110 valence electrons. The van der Waals surface area contributed by atoms with Crippen molar-refractivity contribution in [1.29, 1.82) is 0 Å². The van der Waals surface area contributed by atoms with Crippen LogP contribution >= 0.6 is 0 Å². The molecule has 1 aromatic rings. The lowest BCUT2D eigenvalue weighted by atomic mass is 9.99. The molecule has 1 N–H and O–H groups in total. The van der Waals surface area contributed by atoms with E-state index in [9.17, 15) is 13.6 Å². The summed E-state index contributed by atoms with van der Waals surface area (Å²) in [5.74, 6) is -1.10. The summed E-state index contributed by atoms with van der Waals surface area (Å²) >= 11 is 0. The van der Waals surface area contributed by atoms with Gasteiger partial charge in [0.15, 0.2) is 0 Å². The first kappa shape index (κ1) is 14.9. The Kier molecular flexibility index (Phi) is 4.70. The van der Waals surface area contributed by atoms with Crippen LogP contribution in [0.25, 0.3) is 0 Å². The molecule has 1 fully saturated rings. The summed E-state index contributed by atoms with van der Waals surface area (Å²) < 4.78 is 26.3. The molecule has 1 aliphatic rings. The third-order valence-electron chi connectivity index (χ3n) is 3.80. The van der Waals surface area contributed by atoms with E-state index in [0.717, 1.165) is 31.6 Å². The Morgan fingerprint density at radius 1 is 1.45 bits per heavy atom. The van der Waals surface area contributed by atoms with E-state index in [1.807, 2.05) is 6.92 Å². The van der Waals surface area contributed by atoms with Crippen LogP contribution in [0.4, 0.5) is 14.5 Å². The highest BCUT2D eigenvalue weighted by atomic mass is 19.1. The van der Waals surface area contributed by atoms with E-state index in [2.05, 4.69) is 17.1 Å². The Morgan fingerprint density at radius 3 is 2.85 bits per heavy atom. The summed E-state index contributed by atoms with van der Waals surface area (Å²) in [7, 11) is 0. The fourth-order valence-electron chi connectivity index (χ4n) is 2.57. The lowest BCUT2D eigenvalue weighted by Crippen LogP contribution is -2.46. The molecule has 0 aliphatic carbocycles. The van der Waals surface area contributed by atoms with E-state index in [1.54, 1.807) is 0 Å². The standard InChI is InChI=1S/C15H20F2N2O/c1-10-4-3-7-19(9-10)11(2)15(20)18-14-6-5-12(16)8-13(14)17/h5-6,8,10-11H,3-4,7,9H2,1-2H3,(H,18,20)/t10-,11-/m0/s1. The first-order valence-electron chi connectivity index (χ1n) is 6.97. The molecule has 1 saturated heterocycles. The second kappa shape index (κ2) is 6.31. The van der Waals surface area contributed by atoms with E-state index in [0.29, 0.717) is 5.92 Å². The van der Waals surface area contributed by atoms with Gasteiger partial charge in [-0.2, -0.15) is 0 Å². The summed E-state index contributed by atoms with van der Waals surface area (Å²) in [6.07, 6.45) is 2.25. The fourth-order valence-corrected chi connectivity index (χ4v) is 2.57. The number of anilines is 1. The first-order valence-corrected chi connectivity index (χ1v) is 6.97. The second-order valence-electron chi connectivity index (χ2n) is 5.53. The summed E-state index contributed by atoms with van der Waals surface area (Å²) in [4.78, 5) is 14.2. The largest absolute Gasteiger partial charge is 0.322 e. The lowest BCUT2D eigenvalue weighted by Gasteiger charge is -2.34. The maximum absolute atomic E-state index is 13.5. The maximum atomic E-state index is 13.5. The van der Waals surface area contributed by atoms with E-state index in [-0.39, 0.29) is 17.6 Å². The van der Waals surface area contributed by atoms with E-state index < -0.39 is 11.6 Å². The van der Waals surface area contributed by atoms with Gasteiger partial charge in [0.1, 0.15) is 11.6 Å². The van der Waals surface area contributed by atoms with Crippen molar-refractivity contribution in [3.05, 3.63) is 29.8 Å². The van der Waals surface area contributed by atoms with Crippen molar-refractivity contribution in [3.63, 3.8) is 0 Å². The zero-order chi connectivity index (χ0) is 14.7. The van der Waals surface area contributed by atoms with E-state index >= 15 is 0 Å². The van der Waals surface area contributed by atoms with Gasteiger partial charge in [-0.3, -0.25) is 9.69 Å². The molecule has 5 heteroatoms. The molecule has 0 saturated carbocycles. The number of carbonyl (C=O) groups excluding carboxylic acids is 1. The zero-order valence-corrected chi connectivity index (χ0v) is 11.8. The highest BCUT2D eigenvalue weighted by Crippen LogP contribution is 2.19. The number of amides is 1. The third-order valence-corrected chi connectivity index (χ3v) is 3.80. The van der Waals surface area contributed by atoms with Gasteiger partial charge in [0.2, 0.25) is 5.91 Å². The van der Waals surface area contributed by atoms with Gasteiger partial charge in [-0.05, 0) is 44.4 Å². The SMILES string of the molecule is C[C@H]1CCCN([C@@H](C)C(=O)Nc2ccc(F)cc2F)C1. The molecule has 1 aliphatic heterocycles. The number of carbonyl (C=O) groups is 1. The molecule has 1 amide bonds. The fraction of sp³-hybridized carbons (Fsp3) is 0.533. The normalized spacial score (nSPS) is 21.5. The highest BCUT2D eigenvalue weighted by molar-refractivity contribution is 5.94. The van der Waals surface area contributed by atoms with Crippen molar-refractivity contribution >= 4 is 11.6 Å². The summed E-state index contributed by atoms with van der Waals surface area (Å²) in [6, 6.07) is 2.83. The first-order chi connectivity index (χ1) is 9.47. The molecule has 20 heavy (non-hydrogen) atoms. The molecule has 0 radical (unpaired) electrons. The van der Waals surface area contributed by atoms with Crippen LogP contribution in [-0.2, 0) is 4.79 Å². The van der Waals surface area contributed by atoms with Crippen molar-refractivity contribution in [2.45, 2.75) is 32.7 Å². The summed E-state index contributed by atoms with van der Waals surface area (Å²) in [5, 5.41) is 2.53. The quantitative estimate of drug-likeness (QED) is 0.924. The number of nitrogens with one attached hydrogen (secondary N) is 1. The van der Waals surface area contributed by atoms with Gasteiger partial charge in [0.05, 0.1) is 11.7 Å². The minimum absolute atomic E-state index is 0.0216. The van der Waals surface area contributed by atoms with Gasteiger partial charge >= 0.3 is 0 Å². The average molecular weight is 282 g/mol. The number of nitrogens with zero attached hydrogens (tertiary/aromatic N) is 1. The van der Waals surface area contributed by atoms with Crippen molar-refractivity contribution < 1.29 is 13.6 Å². The van der Waals surface area contributed by atoms with Crippen LogP contribution < -0.4 is 5.32 Å². The van der Waals surface area contributed by atoms with Crippen LogP contribution in [0.2, 0.25) is 0 Å². The number of likely N-dealkylation sites (tertiary alicyclic amines) is 1. The van der Waals surface area contributed by atoms with Gasteiger partial charge in [-0.1, -0.05) is 6.92 Å². The zero-order valence-electron chi connectivity index (χ0n) is 11.8. The van der Waals surface area contributed by atoms with Gasteiger partial charge in [0, 0.05) is 12.6 Å². The number of hydrogen-bond donors (Lipinski definition) is 1. The van der Waals surface area contributed by atoms with Crippen molar-refractivity contribution in [1.82, 2.24) is 4.90 Å². The molecule has 0 aromatic heterocycles. The maximum Gasteiger partial charge on any atom is 0.241 e. The van der Waals surface area contributed by atoms with Crippen LogP contribution in [-0.4, -0.2) is 29.9 Å². The van der Waals surface area contributed by atoms with Crippen LogP contribution in [0.15, 0.2) is 18.2 Å². The smallest absolute Gasteiger partial charge is 0.241 e. The second-order valence-corrected chi connectivity index (χ2v) is 5.53. The van der Waals surface area contributed by atoms with Crippen LogP contribution in [0.1, 0.15) is 26.7 Å². The number of rotatable bonds is 3. The number of benzene rings is 1. The monoisotopic (exact) mass is 282 g/mol.